The summed E-state index contributed by atoms with van der Waals surface area (Å²) < 4.78 is 14.5. The normalized spacial score (nSPS) is 11.0. The molecule has 0 amide bonds. The second-order valence-electron chi connectivity index (χ2n) is 4.20. The lowest BCUT2D eigenvalue weighted by Crippen LogP contribution is -1.99. The second kappa shape index (κ2) is 4.14. The van der Waals surface area contributed by atoms with Crippen LogP contribution in [-0.4, -0.2) is 17.6 Å². The minimum absolute atomic E-state index is 0.276. The van der Waals surface area contributed by atoms with Gasteiger partial charge in [-0.1, -0.05) is 29.2 Å². The van der Waals surface area contributed by atoms with Crippen molar-refractivity contribution in [1.82, 2.24) is 9.78 Å². The summed E-state index contributed by atoms with van der Waals surface area (Å²) in [5, 5.41) is 5.87. The zero-order chi connectivity index (χ0) is 12.7. The lowest BCUT2D eigenvalue weighted by molar-refractivity contribution is 0.627. The SMILES string of the molecule is Bc1ccc2c(Cl)n(-c3ccc(F)cc3)nc2c1. The highest BCUT2D eigenvalue weighted by Gasteiger charge is 2.10. The first-order valence-corrected chi connectivity index (χ1v) is 5.94. The molecule has 0 bridgehead atoms. The first-order valence-electron chi connectivity index (χ1n) is 5.56. The number of aromatic nitrogens is 2. The van der Waals surface area contributed by atoms with Crippen molar-refractivity contribution in [3.8, 4) is 5.69 Å². The number of hydrogen-bond donors (Lipinski definition) is 0. The molecule has 0 aliphatic rings. The fourth-order valence-corrected chi connectivity index (χ4v) is 2.21. The summed E-state index contributed by atoms with van der Waals surface area (Å²) in [6, 6.07) is 12.0. The maximum Gasteiger partial charge on any atom is 0.140 e. The summed E-state index contributed by atoms with van der Waals surface area (Å²) in [4.78, 5) is 0. The van der Waals surface area contributed by atoms with Crippen molar-refractivity contribution in [2.45, 2.75) is 0 Å². The van der Waals surface area contributed by atoms with Gasteiger partial charge in [-0.3, -0.25) is 0 Å². The summed E-state index contributed by atoms with van der Waals surface area (Å²) in [5.74, 6) is -0.276. The molecule has 0 aliphatic carbocycles. The molecular formula is C13H9BClFN2. The Morgan fingerprint density at radius 3 is 2.56 bits per heavy atom. The second-order valence-corrected chi connectivity index (χ2v) is 4.56. The Morgan fingerprint density at radius 2 is 1.83 bits per heavy atom. The van der Waals surface area contributed by atoms with Gasteiger partial charge < -0.3 is 0 Å². The van der Waals surface area contributed by atoms with Crippen LogP contribution in [0.3, 0.4) is 0 Å². The van der Waals surface area contributed by atoms with E-state index < -0.39 is 0 Å². The molecular weight excluding hydrogens is 249 g/mol. The van der Waals surface area contributed by atoms with E-state index in [4.69, 9.17) is 11.6 Å². The third kappa shape index (κ3) is 1.79. The Balaban J connectivity index is 2.23. The van der Waals surface area contributed by atoms with Crippen LogP contribution in [0.15, 0.2) is 42.5 Å². The molecule has 1 aromatic heterocycles. The lowest BCUT2D eigenvalue weighted by Gasteiger charge is -2.01. The topological polar surface area (TPSA) is 17.8 Å². The van der Waals surface area contributed by atoms with Gasteiger partial charge in [0.25, 0.3) is 0 Å². The van der Waals surface area contributed by atoms with Crippen LogP contribution in [0.4, 0.5) is 4.39 Å². The molecule has 88 valence electrons. The third-order valence-corrected chi connectivity index (χ3v) is 3.20. The molecule has 0 unspecified atom stereocenters. The Kier molecular flexibility index (Phi) is 2.60. The van der Waals surface area contributed by atoms with Crippen molar-refractivity contribution in [1.29, 1.82) is 0 Å². The first kappa shape index (κ1) is 11.3. The predicted molar refractivity (Wildman–Crippen MR) is 74.2 cm³/mol. The van der Waals surface area contributed by atoms with Crippen LogP contribution in [0.1, 0.15) is 0 Å². The Hall–Kier alpha value is -1.81. The van der Waals surface area contributed by atoms with Gasteiger partial charge in [-0.05, 0) is 30.3 Å². The fourth-order valence-electron chi connectivity index (χ4n) is 1.92. The average molecular weight is 258 g/mol. The zero-order valence-corrected chi connectivity index (χ0v) is 10.4. The zero-order valence-electron chi connectivity index (χ0n) is 9.69. The molecule has 5 heteroatoms. The van der Waals surface area contributed by atoms with E-state index >= 15 is 0 Å². The Morgan fingerprint density at radius 1 is 1.11 bits per heavy atom. The quantitative estimate of drug-likeness (QED) is 0.611. The Labute approximate surface area is 109 Å². The minimum Gasteiger partial charge on any atom is -0.221 e. The summed E-state index contributed by atoms with van der Waals surface area (Å²) >= 11 is 6.29. The molecule has 0 spiro atoms. The molecule has 0 saturated carbocycles. The van der Waals surface area contributed by atoms with E-state index in [1.165, 1.54) is 12.1 Å². The summed E-state index contributed by atoms with van der Waals surface area (Å²) in [6.45, 7) is 0. The molecule has 2 nitrogen and oxygen atoms in total. The Bertz CT molecular complexity index is 722. The van der Waals surface area contributed by atoms with E-state index in [2.05, 4.69) is 5.10 Å². The van der Waals surface area contributed by atoms with Gasteiger partial charge in [0.2, 0.25) is 0 Å². The van der Waals surface area contributed by atoms with Gasteiger partial charge in [-0.2, -0.15) is 5.10 Å². The number of rotatable bonds is 1. The van der Waals surface area contributed by atoms with E-state index in [1.807, 2.05) is 26.0 Å². The number of fused-ring (bicyclic) bond motifs is 1. The maximum atomic E-state index is 12.9. The molecule has 18 heavy (non-hydrogen) atoms. The molecule has 0 radical (unpaired) electrons. The van der Waals surface area contributed by atoms with Crippen LogP contribution in [0.2, 0.25) is 5.15 Å². The highest BCUT2D eigenvalue weighted by atomic mass is 35.5. The number of nitrogens with zero attached hydrogens (tertiary/aromatic N) is 2. The number of hydrogen-bond acceptors (Lipinski definition) is 1. The van der Waals surface area contributed by atoms with Crippen molar-refractivity contribution < 1.29 is 4.39 Å². The highest BCUT2D eigenvalue weighted by molar-refractivity contribution is 6.36. The molecule has 3 rings (SSSR count). The van der Waals surface area contributed by atoms with Gasteiger partial charge in [-0.25, -0.2) is 9.07 Å². The highest BCUT2D eigenvalue weighted by Crippen LogP contribution is 2.25. The standard InChI is InChI=1S/C13H9BClFN2/c14-8-1-6-11-12(7-8)17-18(13(11)15)10-4-2-9(16)3-5-10/h1-7H,14H2. The molecule has 0 fully saturated rings. The molecule has 0 aliphatic heterocycles. The van der Waals surface area contributed by atoms with Gasteiger partial charge in [0, 0.05) is 5.39 Å². The summed E-state index contributed by atoms with van der Waals surface area (Å²) in [7, 11) is 2.00. The summed E-state index contributed by atoms with van der Waals surface area (Å²) in [5.41, 5.74) is 2.71. The van der Waals surface area contributed by atoms with E-state index in [0.29, 0.717) is 5.15 Å². The van der Waals surface area contributed by atoms with E-state index in [-0.39, 0.29) is 5.82 Å². The molecule has 0 N–H and O–H groups in total. The average Bonchev–Trinajstić information content (AvgIpc) is 2.67. The van der Waals surface area contributed by atoms with Gasteiger partial charge in [0.05, 0.1) is 11.2 Å². The van der Waals surface area contributed by atoms with Crippen molar-refractivity contribution in [2.24, 2.45) is 0 Å². The van der Waals surface area contributed by atoms with Gasteiger partial charge >= 0.3 is 0 Å². The number of halogens is 2. The van der Waals surface area contributed by atoms with Crippen molar-refractivity contribution >= 4 is 35.8 Å². The van der Waals surface area contributed by atoms with Crippen LogP contribution < -0.4 is 5.46 Å². The van der Waals surface area contributed by atoms with Crippen molar-refractivity contribution in [3.05, 3.63) is 53.4 Å². The van der Waals surface area contributed by atoms with E-state index in [1.54, 1.807) is 16.8 Å². The monoisotopic (exact) mass is 258 g/mol. The molecule has 1 heterocycles. The number of benzene rings is 2. The van der Waals surface area contributed by atoms with Crippen LogP contribution >= 0.6 is 11.6 Å². The van der Waals surface area contributed by atoms with E-state index in [9.17, 15) is 4.39 Å². The molecule has 2 aromatic carbocycles. The molecule has 0 saturated heterocycles. The molecule has 3 aromatic rings. The lowest BCUT2D eigenvalue weighted by atomic mass is 9.96. The van der Waals surface area contributed by atoms with E-state index in [0.717, 1.165) is 22.1 Å². The minimum atomic E-state index is -0.276. The van der Waals surface area contributed by atoms with Gasteiger partial charge in [0.1, 0.15) is 18.8 Å². The van der Waals surface area contributed by atoms with Crippen LogP contribution in [-0.2, 0) is 0 Å². The first-order chi connectivity index (χ1) is 8.65. The van der Waals surface area contributed by atoms with Crippen LogP contribution in [0, 0.1) is 5.82 Å². The van der Waals surface area contributed by atoms with Crippen LogP contribution in [0.25, 0.3) is 16.6 Å². The van der Waals surface area contributed by atoms with Gasteiger partial charge in [-0.15, -0.1) is 0 Å². The molecule has 0 atom stereocenters. The smallest absolute Gasteiger partial charge is 0.140 e. The van der Waals surface area contributed by atoms with Crippen molar-refractivity contribution in [3.63, 3.8) is 0 Å². The van der Waals surface area contributed by atoms with Gasteiger partial charge in [0.15, 0.2) is 0 Å². The summed E-state index contributed by atoms with van der Waals surface area (Å²) in [6.07, 6.45) is 0. The fraction of sp³-hybridized carbons (Fsp3) is 0. The van der Waals surface area contributed by atoms with Crippen molar-refractivity contribution in [2.75, 3.05) is 0 Å². The van der Waals surface area contributed by atoms with Crippen LogP contribution in [0.5, 0.6) is 0 Å². The largest absolute Gasteiger partial charge is 0.221 e. The third-order valence-electron chi connectivity index (χ3n) is 2.84. The predicted octanol–water partition coefficient (Wildman–Crippen LogP) is 2.08. The maximum absolute atomic E-state index is 12.9.